The van der Waals surface area contributed by atoms with Crippen LogP contribution < -0.4 is 5.32 Å². The summed E-state index contributed by atoms with van der Waals surface area (Å²) in [5.74, 6) is 0.544. The third-order valence-electron chi connectivity index (χ3n) is 3.48. The zero-order chi connectivity index (χ0) is 13.8. The summed E-state index contributed by atoms with van der Waals surface area (Å²) < 4.78 is 0. The summed E-state index contributed by atoms with van der Waals surface area (Å²) in [6, 6.07) is 5.93. The molecule has 0 aliphatic carbocycles. The number of hydrogen-bond acceptors (Lipinski definition) is 1. The first-order chi connectivity index (χ1) is 8.41. The molecule has 1 aromatic carbocycles. The Kier molecular flexibility index (Phi) is 5.21. The fraction of sp³-hybridized carbons (Fsp3) is 0.533. The standard InChI is InChI=1S/C15H22ClNO/c1-5-15(4,8-9-16)17-14(18)13-10-11(2)6-7-12(13)3/h6-7,10H,5,8-9H2,1-4H3,(H,17,18). The molecule has 0 fully saturated rings. The van der Waals surface area contributed by atoms with Crippen molar-refractivity contribution in [3.8, 4) is 0 Å². The summed E-state index contributed by atoms with van der Waals surface area (Å²) in [7, 11) is 0. The van der Waals surface area contributed by atoms with E-state index < -0.39 is 0 Å². The lowest BCUT2D eigenvalue weighted by atomic mass is 9.94. The van der Waals surface area contributed by atoms with Gasteiger partial charge in [-0.1, -0.05) is 24.6 Å². The van der Waals surface area contributed by atoms with Gasteiger partial charge in [-0.25, -0.2) is 0 Å². The quantitative estimate of drug-likeness (QED) is 0.807. The molecule has 0 aliphatic heterocycles. The number of aryl methyl sites for hydroxylation is 2. The van der Waals surface area contributed by atoms with E-state index in [0.717, 1.165) is 29.5 Å². The van der Waals surface area contributed by atoms with E-state index >= 15 is 0 Å². The van der Waals surface area contributed by atoms with Gasteiger partial charge in [-0.05, 0) is 45.2 Å². The third kappa shape index (κ3) is 3.74. The molecule has 0 bridgehead atoms. The summed E-state index contributed by atoms with van der Waals surface area (Å²) in [4.78, 5) is 12.3. The molecule has 1 atom stereocenters. The zero-order valence-electron chi connectivity index (χ0n) is 11.6. The van der Waals surface area contributed by atoms with E-state index in [2.05, 4.69) is 12.2 Å². The van der Waals surface area contributed by atoms with E-state index in [1.165, 1.54) is 0 Å². The molecule has 1 N–H and O–H groups in total. The van der Waals surface area contributed by atoms with Crippen molar-refractivity contribution < 1.29 is 4.79 Å². The van der Waals surface area contributed by atoms with Crippen LogP contribution in [0.15, 0.2) is 18.2 Å². The fourth-order valence-electron chi connectivity index (χ4n) is 1.86. The summed E-state index contributed by atoms with van der Waals surface area (Å²) in [5, 5.41) is 3.10. The number of amides is 1. The Hall–Kier alpha value is -1.02. The number of carbonyl (C=O) groups excluding carboxylic acids is 1. The van der Waals surface area contributed by atoms with Crippen molar-refractivity contribution in [1.29, 1.82) is 0 Å². The van der Waals surface area contributed by atoms with Gasteiger partial charge in [0.25, 0.3) is 5.91 Å². The van der Waals surface area contributed by atoms with Gasteiger partial charge in [-0.15, -0.1) is 11.6 Å². The van der Waals surface area contributed by atoms with E-state index in [1.807, 2.05) is 39.0 Å². The monoisotopic (exact) mass is 267 g/mol. The summed E-state index contributed by atoms with van der Waals surface area (Å²) in [6.07, 6.45) is 1.65. The van der Waals surface area contributed by atoms with Crippen molar-refractivity contribution in [2.24, 2.45) is 0 Å². The molecule has 0 saturated heterocycles. The van der Waals surface area contributed by atoms with Crippen LogP contribution in [0.1, 0.15) is 48.2 Å². The molecule has 1 amide bonds. The molecule has 0 radical (unpaired) electrons. The molecule has 0 heterocycles. The maximum Gasteiger partial charge on any atom is 0.251 e. The first-order valence-corrected chi connectivity index (χ1v) is 6.91. The highest BCUT2D eigenvalue weighted by atomic mass is 35.5. The average Bonchev–Trinajstić information content (AvgIpc) is 2.32. The lowest BCUT2D eigenvalue weighted by molar-refractivity contribution is 0.0901. The minimum atomic E-state index is -0.227. The van der Waals surface area contributed by atoms with Crippen LogP contribution in [0.3, 0.4) is 0 Å². The van der Waals surface area contributed by atoms with Gasteiger partial charge in [-0.2, -0.15) is 0 Å². The van der Waals surface area contributed by atoms with Crippen molar-refractivity contribution in [1.82, 2.24) is 5.32 Å². The summed E-state index contributed by atoms with van der Waals surface area (Å²) in [6.45, 7) is 8.06. The molecule has 1 aromatic rings. The maximum absolute atomic E-state index is 12.3. The van der Waals surface area contributed by atoms with Crippen molar-refractivity contribution >= 4 is 17.5 Å². The van der Waals surface area contributed by atoms with E-state index in [4.69, 9.17) is 11.6 Å². The lowest BCUT2D eigenvalue weighted by Gasteiger charge is -2.29. The second kappa shape index (κ2) is 6.24. The van der Waals surface area contributed by atoms with Crippen LogP contribution in [0.25, 0.3) is 0 Å². The van der Waals surface area contributed by atoms with Crippen molar-refractivity contribution in [3.05, 3.63) is 34.9 Å². The molecule has 0 aliphatic rings. The Morgan fingerprint density at radius 3 is 2.61 bits per heavy atom. The van der Waals surface area contributed by atoms with Gasteiger partial charge in [0.1, 0.15) is 0 Å². The number of hydrogen-bond donors (Lipinski definition) is 1. The number of benzene rings is 1. The van der Waals surface area contributed by atoms with Crippen LogP contribution in [0.2, 0.25) is 0 Å². The average molecular weight is 268 g/mol. The number of carbonyl (C=O) groups is 1. The normalized spacial score (nSPS) is 14.1. The van der Waals surface area contributed by atoms with E-state index in [0.29, 0.717) is 5.88 Å². The van der Waals surface area contributed by atoms with Crippen LogP contribution in [-0.2, 0) is 0 Å². The Bertz CT molecular complexity index is 431. The van der Waals surface area contributed by atoms with Gasteiger partial charge in [0.2, 0.25) is 0 Å². The molecule has 0 spiro atoms. The van der Waals surface area contributed by atoms with Gasteiger partial charge in [0.15, 0.2) is 0 Å². The molecule has 1 unspecified atom stereocenters. The van der Waals surface area contributed by atoms with Crippen LogP contribution >= 0.6 is 11.6 Å². The number of rotatable bonds is 5. The maximum atomic E-state index is 12.3. The highest BCUT2D eigenvalue weighted by Gasteiger charge is 2.24. The van der Waals surface area contributed by atoms with Gasteiger partial charge in [0, 0.05) is 17.0 Å². The largest absolute Gasteiger partial charge is 0.347 e. The SMILES string of the molecule is CCC(C)(CCCl)NC(=O)c1cc(C)ccc1C. The van der Waals surface area contributed by atoms with Crippen LogP contribution in [0.5, 0.6) is 0 Å². The Morgan fingerprint density at radius 2 is 2.06 bits per heavy atom. The predicted molar refractivity (Wildman–Crippen MR) is 77.4 cm³/mol. The Morgan fingerprint density at radius 1 is 1.39 bits per heavy atom. The van der Waals surface area contributed by atoms with Crippen molar-refractivity contribution in [3.63, 3.8) is 0 Å². The smallest absolute Gasteiger partial charge is 0.251 e. The first-order valence-electron chi connectivity index (χ1n) is 6.37. The number of halogens is 1. The highest BCUT2D eigenvalue weighted by molar-refractivity contribution is 6.17. The third-order valence-corrected chi connectivity index (χ3v) is 3.67. The van der Waals surface area contributed by atoms with Crippen LogP contribution in [-0.4, -0.2) is 17.3 Å². The second-order valence-electron chi connectivity index (χ2n) is 5.13. The molecule has 0 aromatic heterocycles. The Balaban J connectivity index is 2.90. The minimum absolute atomic E-state index is 0.00864. The van der Waals surface area contributed by atoms with Gasteiger partial charge in [0.05, 0.1) is 0 Å². The fourth-order valence-corrected chi connectivity index (χ4v) is 2.28. The molecular weight excluding hydrogens is 246 g/mol. The van der Waals surface area contributed by atoms with E-state index in [-0.39, 0.29) is 11.4 Å². The molecule has 1 rings (SSSR count). The molecular formula is C15H22ClNO. The molecule has 100 valence electrons. The second-order valence-corrected chi connectivity index (χ2v) is 5.50. The van der Waals surface area contributed by atoms with Crippen molar-refractivity contribution in [2.45, 2.75) is 46.1 Å². The van der Waals surface area contributed by atoms with Gasteiger partial charge >= 0.3 is 0 Å². The van der Waals surface area contributed by atoms with E-state index in [1.54, 1.807) is 0 Å². The highest BCUT2D eigenvalue weighted by Crippen LogP contribution is 2.18. The van der Waals surface area contributed by atoms with Crippen LogP contribution in [0, 0.1) is 13.8 Å². The molecule has 18 heavy (non-hydrogen) atoms. The van der Waals surface area contributed by atoms with Gasteiger partial charge in [-0.3, -0.25) is 4.79 Å². The van der Waals surface area contributed by atoms with E-state index in [9.17, 15) is 4.79 Å². The van der Waals surface area contributed by atoms with Crippen LogP contribution in [0.4, 0.5) is 0 Å². The Labute approximate surface area is 115 Å². The zero-order valence-corrected chi connectivity index (χ0v) is 12.4. The summed E-state index contributed by atoms with van der Waals surface area (Å²) >= 11 is 5.80. The summed E-state index contributed by atoms with van der Waals surface area (Å²) in [5.41, 5.74) is 2.63. The molecule has 2 nitrogen and oxygen atoms in total. The molecule has 0 saturated carbocycles. The minimum Gasteiger partial charge on any atom is -0.347 e. The first kappa shape index (κ1) is 15.0. The van der Waals surface area contributed by atoms with Gasteiger partial charge < -0.3 is 5.32 Å². The topological polar surface area (TPSA) is 29.1 Å². The number of alkyl halides is 1. The predicted octanol–water partition coefficient (Wildman–Crippen LogP) is 3.83. The molecule has 3 heteroatoms. The lowest BCUT2D eigenvalue weighted by Crippen LogP contribution is -2.46. The number of nitrogens with one attached hydrogen (secondary N) is 1. The van der Waals surface area contributed by atoms with Crippen molar-refractivity contribution in [2.75, 3.05) is 5.88 Å².